The summed E-state index contributed by atoms with van der Waals surface area (Å²) in [5, 5.41) is 10.7. The molecular weight excluding hydrogens is 323 g/mol. The van der Waals surface area contributed by atoms with Crippen LogP contribution < -0.4 is 0 Å². The minimum absolute atomic E-state index is 0.0310. The lowest BCUT2D eigenvalue weighted by Gasteiger charge is -2.33. The lowest BCUT2D eigenvalue weighted by atomic mass is 10.0. The summed E-state index contributed by atoms with van der Waals surface area (Å²) in [7, 11) is -3.78. The first kappa shape index (κ1) is 16.8. The van der Waals surface area contributed by atoms with E-state index in [1.165, 1.54) is 22.5 Å². The van der Waals surface area contributed by atoms with E-state index in [0.717, 1.165) is 19.2 Å². The number of hydrogen-bond acceptors (Lipinski definition) is 5. The van der Waals surface area contributed by atoms with Crippen LogP contribution in [0.25, 0.3) is 0 Å². The summed E-state index contributed by atoms with van der Waals surface area (Å²) >= 11 is 0. The lowest BCUT2D eigenvalue weighted by Crippen LogP contribution is -2.49. The Morgan fingerprint density at radius 3 is 2.70 bits per heavy atom. The van der Waals surface area contributed by atoms with Crippen LogP contribution in [0, 0.1) is 5.82 Å². The van der Waals surface area contributed by atoms with E-state index >= 15 is 0 Å². The predicted octanol–water partition coefficient (Wildman–Crippen LogP) is 0.283. The first-order valence-electron chi connectivity index (χ1n) is 7.67. The standard InChI is InChI=1S/C15H21FN2O4S/c16-13-2-1-3-14(10-13)23(20,21)18-5-4-15(19,12-18)11-17-6-8-22-9-7-17/h1-3,10,19H,4-9,11-12H2/t15-/m1/s1. The van der Waals surface area contributed by atoms with Gasteiger partial charge in [-0.2, -0.15) is 4.31 Å². The van der Waals surface area contributed by atoms with E-state index in [0.29, 0.717) is 26.2 Å². The van der Waals surface area contributed by atoms with Gasteiger partial charge in [-0.15, -0.1) is 0 Å². The number of halogens is 1. The summed E-state index contributed by atoms with van der Waals surface area (Å²) in [6.45, 7) is 3.41. The van der Waals surface area contributed by atoms with E-state index in [2.05, 4.69) is 4.90 Å². The van der Waals surface area contributed by atoms with Gasteiger partial charge >= 0.3 is 0 Å². The van der Waals surface area contributed by atoms with Gasteiger partial charge in [0, 0.05) is 32.7 Å². The third kappa shape index (κ3) is 3.72. The van der Waals surface area contributed by atoms with Gasteiger partial charge in [-0.05, 0) is 24.6 Å². The van der Waals surface area contributed by atoms with Crippen molar-refractivity contribution in [3.8, 4) is 0 Å². The molecule has 1 N–H and O–H groups in total. The average molecular weight is 344 g/mol. The van der Waals surface area contributed by atoms with E-state index in [9.17, 15) is 17.9 Å². The van der Waals surface area contributed by atoms with Crippen LogP contribution in [0.15, 0.2) is 29.2 Å². The molecule has 6 nitrogen and oxygen atoms in total. The molecule has 0 amide bonds. The molecule has 0 aliphatic carbocycles. The molecule has 0 spiro atoms. The molecule has 128 valence electrons. The first-order valence-corrected chi connectivity index (χ1v) is 9.11. The molecule has 0 unspecified atom stereocenters. The Morgan fingerprint density at radius 2 is 2.00 bits per heavy atom. The average Bonchev–Trinajstić information content (AvgIpc) is 2.91. The third-order valence-electron chi connectivity index (χ3n) is 4.35. The minimum Gasteiger partial charge on any atom is -0.387 e. The van der Waals surface area contributed by atoms with Crippen molar-refractivity contribution in [2.75, 3.05) is 45.9 Å². The molecule has 2 heterocycles. The van der Waals surface area contributed by atoms with E-state index in [1.807, 2.05) is 0 Å². The van der Waals surface area contributed by atoms with Gasteiger partial charge in [0.1, 0.15) is 5.82 Å². The van der Waals surface area contributed by atoms with Crippen LogP contribution in [0.3, 0.4) is 0 Å². The number of nitrogens with zero attached hydrogens (tertiary/aromatic N) is 2. The highest BCUT2D eigenvalue weighted by Crippen LogP contribution is 2.28. The highest BCUT2D eigenvalue weighted by molar-refractivity contribution is 7.89. The number of benzene rings is 1. The Bertz CT molecular complexity index is 663. The SMILES string of the molecule is O=S(=O)(c1cccc(F)c1)N1CC[C@@](O)(CN2CCOCC2)C1. The van der Waals surface area contributed by atoms with Gasteiger partial charge in [0.15, 0.2) is 0 Å². The molecule has 0 radical (unpaired) electrons. The summed E-state index contributed by atoms with van der Waals surface area (Å²) < 4.78 is 45.0. The number of ether oxygens (including phenoxy) is 1. The zero-order chi connectivity index (χ0) is 16.5. The second-order valence-electron chi connectivity index (χ2n) is 6.16. The fraction of sp³-hybridized carbons (Fsp3) is 0.600. The Kier molecular flexibility index (Phi) is 4.70. The van der Waals surface area contributed by atoms with Gasteiger partial charge in [0.25, 0.3) is 0 Å². The molecule has 0 aromatic heterocycles. The van der Waals surface area contributed by atoms with E-state index in [1.54, 1.807) is 0 Å². The van der Waals surface area contributed by atoms with Crippen LogP contribution in [0.1, 0.15) is 6.42 Å². The van der Waals surface area contributed by atoms with Crippen LogP contribution in [0.4, 0.5) is 4.39 Å². The van der Waals surface area contributed by atoms with Crippen LogP contribution in [-0.4, -0.2) is 74.3 Å². The van der Waals surface area contributed by atoms with Gasteiger partial charge in [0.05, 0.1) is 23.7 Å². The maximum Gasteiger partial charge on any atom is 0.243 e. The van der Waals surface area contributed by atoms with E-state index < -0.39 is 21.4 Å². The molecule has 1 aromatic carbocycles. The van der Waals surface area contributed by atoms with Crippen molar-refractivity contribution in [1.82, 2.24) is 9.21 Å². The van der Waals surface area contributed by atoms with Crippen LogP contribution in [0.2, 0.25) is 0 Å². The fourth-order valence-electron chi connectivity index (χ4n) is 3.11. The summed E-state index contributed by atoms with van der Waals surface area (Å²) in [6, 6.07) is 4.96. The number of hydrogen-bond donors (Lipinski definition) is 1. The smallest absolute Gasteiger partial charge is 0.243 e. The molecule has 0 saturated carbocycles. The van der Waals surface area contributed by atoms with Gasteiger partial charge in [-0.3, -0.25) is 4.90 Å². The molecule has 2 aliphatic heterocycles. The number of β-amino-alcohol motifs (C(OH)–C–C–N with tert-alkyl or cyclic N) is 1. The van der Waals surface area contributed by atoms with Crippen molar-refractivity contribution < 1.29 is 22.7 Å². The maximum atomic E-state index is 13.3. The number of sulfonamides is 1. The second kappa shape index (κ2) is 6.45. The first-order chi connectivity index (χ1) is 10.9. The van der Waals surface area contributed by atoms with Crippen molar-refractivity contribution in [2.24, 2.45) is 0 Å². The topological polar surface area (TPSA) is 70.1 Å². The molecule has 0 bridgehead atoms. The van der Waals surface area contributed by atoms with E-state index in [4.69, 9.17) is 4.74 Å². The summed E-state index contributed by atoms with van der Waals surface area (Å²) in [6.07, 6.45) is 0.374. The summed E-state index contributed by atoms with van der Waals surface area (Å²) in [4.78, 5) is 2.01. The molecule has 1 aromatic rings. The summed E-state index contributed by atoms with van der Waals surface area (Å²) in [5.74, 6) is -0.589. The van der Waals surface area contributed by atoms with Gasteiger partial charge in [-0.1, -0.05) is 6.07 Å². The van der Waals surface area contributed by atoms with Crippen LogP contribution in [0.5, 0.6) is 0 Å². The molecule has 8 heteroatoms. The zero-order valence-electron chi connectivity index (χ0n) is 12.8. The molecule has 2 saturated heterocycles. The van der Waals surface area contributed by atoms with Gasteiger partial charge in [0.2, 0.25) is 10.0 Å². The van der Waals surface area contributed by atoms with Gasteiger partial charge in [-0.25, -0.2) is 12.8 Å². The van der Waals surface area contributed by atoms with Crippen molar-refractivity contribution in [1.29, 1.82) is 0 Å². The normalized spacial score (nSPS) is 27.4. The zero-order valence-corrected chi connectivity index (χ0v) is 13.6. The van der Waals surface area contributed by atoms with Gasteiger partial charge < -0.3 is 9.84 Å². The molecule has 1 atom stereocenters. The largest absolute Gasteiger partial charge is 0.387 e. The highest BCUT2D eigenvalue weighted by atomic mass is 32.2. The lowest BCUT2D eigenvalue weighted by molar-refractivity contribution is -0.0239. The minimum atomic E-state index is -3.78. The Morgan fingerprint density at radius 1 is 1.26 bits per heavy atom. The Hall–Kier alpha value is -1.06. The van der Waals surface area contributed by atoms with Crippen molar-refractivity contribution in [3.05, 3.63) is 30.1 Å². The Labute approximate surface area is 135 Å². The predicted molar refractivity (Wildman–Crippen MR) is 82.0 cm³/mol. The second-order valence-corrected chi connectivity index (χ2v) is 8.10. The third-order valence-corrected chi connectivity index (χ3v) is 6.19. The van der Waals surface area contributed by atoms with E-state index in [-0.39, 0.29) is 18.0 Å². The molecule has 2 aliphatic rings. The Balaban J connectivity index is 1.70. The number of rotatable bonds is 4. The number of aliphatic hydroxyl groups is 1. The number of morpholine rings is 1. The molecular formula is C15H21FN2O4S. The highest BCUT2D eigenvalue weighted by Gasteiger charge is 2.42. The monoisotopic (exact) mass is 344 g/mol. The van der Waals surface area contributed by atoms with Crippen molar-refractivity contribution >= 4 is 10.0 Å². The maximum absolute atomic E-state index is 13.3. The van der Waals surface area contributed by atoms with Crippen molar-refractivity contribution in [3.63, 3.8) is 0 Å². The quantitative estimate of drug-likeness (QED) is 0.850. The van der Waals surface area contributed by atoms with Crippen molar-refractivity contribution in [2.45, 2.75) is 16.9 Å². The fourth-order valence-corrected chi connectivity index (χ4v) is 4.66. The molecule has 23 heavy (non-hydrogen) atoms. The molecule has 3 rings (SSSR count). The summed E-state index contributed by atoms with van der Waals surface area (Å²) in [5.41, 5.74) is -1.07. The van der Waals surface area contributed by atoms with Crippen LogP contribution in [-0.2, 0) is 14.8 Å². The van der Waals surface area contributed by atoms with Crippen LogP contribution >= 0.6 is 0 Å². The molecule has 2 fully saturated rings.